The van der Waals surface area contributed by atoms with Crippen molar-refractivity contribution in [3.63, 3.8) is 0 Å². The van der Waals surface area contributed by atoms with Gasteiger partial charge in [0.25, 0.3) is 0 Å². The summed E-state index contributed by atoms with van der Waals surface area (Å²) < 4.78 is 0. The van der Waals surface area contributed by atoms with Gasteiger partial charge in [-0.1, -0.05) is 25.6 Å². The minimum atomic E-state index is 0.267. The fourth-order valence-electron chi connectivity index (χ4n) is 2.12. The fraction of sp³-hybridized carbons (Fsp3) is 0.643. The number of thioether (sulfide) groups is 1. The highest BCUT2D eigenvalue weighted by Gasteiger charge is 2.33. The van der Waals surface area contributed by atoms with Crippen LogP contribution in [0.5, 0.6) is 0 Å². The maximum absolute atomic E-state index is 4.83. The molecule has 1 aromatic heterocycles. The third-order valence-corrected chi connectivity index (χ3v) is 6.04. The van der Waals surface area contributed by atoms with Crippen LogP contribution < -0.4 is 5.32 Å². The second kappa shape index (κ2) is 5.66. The molecule has 1 unspecified atom stereocenters. The van der Waals surface area contributed by atoms with Crippen molar-refractivity contribution < 1.29 is 0 Å². The third-order valence-electron chi connectivity index (χ3n) is 3.69. The molecule has 0 saturated carbocycles. The lowest BCUT2D eigenvalue weighted by Crippen LogP contribution is -2.42. The van der Waals surface area contributed by atoms with E-state index >= 15 is 0 Å². The second-order valence-electron chi connectivity index (χ2n) is 4.96. The van der Waals surface area contributed by atoms with Crippen LogP contribution >= 0.6 is 23.1 Å². The van der Waals surface area contributed by atoms with Crippen LogP contribution in [0.25, 0.3) is 0 Å². The second-order valence-corrected chi connectivity index (χ2v) is 7.24. The molecular formula is C14H22N2S2. The van der Waals surface area contributed by atoms with E-state index in [1.54, 1.807) is 0 Å². The highest BCUT2D eigenvalue weighted by atomic mass is 32.2. The van der Waals surface area contributed by atoms with Gasteiger partial charge >= 0.3 is 0 Å². The minimum absolute atomic E-state index is 0.267. The number of aliphatic imine (C=N–C) groups is 1. The molecule has 1 atom stereocenters. The molecule has 0 aliphatic carbocycles. The summed E-state index contributed by atoms with van der Waals surface area (Å²) in [4.78, 5) is 7.55. The summed E-state index contributed by atoms with van der Waals surface area (Å²) in [6.07, 6.45) is 2.34. The molecule has 18 heavy (non-hydrogen) atoms. The first-order chi connectivity index (χ1) is 8.58. The minimum Gasteiger partial charge on any atom is -0.359 e. The predicted molar refractivity (Wildman–Crippen MR) is 83.8 cm³/mol. The van der Waals surface area contributed by atoms with Crippen molar-refractivity contribution in [3.8, 4) is 0 Å². The van der Waals surface area contributed by atoms with Gasteiger partial charge in [-0.15, -0.1) is 11.3 Å². The van der Waals surface area contributed by atoms with Crippen molar-refractivity contribution >= 4 is 28.3 Å². The summed E-state index contributed by atoms with van der Waals surface area (Å²) in [6, 6.07) is 4.64. The Morgan fingerprint density at radius 2 is 2.11 bits per heavy atom. The summed E-state index contributed by atoms with van der Waals surface area (Å²) in [5, 5.41) is 4.75. The van der Waals surface area contributed by atoms with Gasteiger partial charge in [0.2, 0.25) is 0 Å². The molecule has 2 heterocycles. The molecule has 0 radical (unpaired) electrons. The van der Waals surface area contributed by atoms with Crippen LogP contribution in [0.2, 0.25) is 0 Å². The van der Waals surface area contributed by atoms with Crippen molar-refractivity contribution in [1.82, 2.24) is 5.32 Å². The number of amidine groups is 1. The van der Waals surface area contributed by atoms with Crippen LogP contribution in [0.1, 0.15) is 49.4 Å². The molecule has 1 N–H and O–H groups in total. The monoisotopic (exact) mass is 282 g/mol. The van der Waals surface area contributed by atoms with Gasteiger partial charge in [0.15, 0.2) is 5.17 Å². The van der Waals surface area contributed by atoms with Gasteiger partial charge in [-0.05, 0) is 38.8 Å². The Hall–Kier alpha value is -0.480. The van der Waals surface area contributed by atoms with Gasteiger partial charge in [-0.2, -0.15) is 0 Å². The lowest BCUT2D eigenvalue weighted by molar-refractivity contribution is 0.407. The molecule has 1 aromatic rings. The lowest BCUT2D eigenvalue weighted by Gasteiger charge is -2.25. The molecule has 2 nitrogen and oxygen atoms in total. The Balaban J connectivity index is 2.07. The summed E-state index contributed by atoms with van der Waals surface area (Å²) >= 11 is 3.72. The first-order valence-corrected chi connectivity index (χ1v) is 8.44. The van der Waals surface area contributed by atoms with E-state index in [2.05, 4.69) is 45.1 Å². The van der Waals surface area contributed by atoms with Crippen LogP contribution in [0.15, 0.2) is 17.1 Å². The van der Waals surface area contributed by atoms with E-state index in [0.717, 1.165) is 10.9 Å². The van der Waals surface area contributed by atoms with Crippen molar-refractivity contribution in [2.45, 2.75) is 52.1 Å². The van der Waals surface area contributed by atoms with Crippen molar-refractivity contribution in [3.05, 3.63) is 21.9 Å². The number of nitrogens with one attached hydrogen (secondary N) is 1. The summed E-state index contributed by atoms with van der Waals surface area (Å²) in [6.45, 7) is 8.84. The summed E-state index contributed by atoms with van der Waals surface area (Å²) in [5.74, 6) is 1.15. The van der Waals surface area contributed by atoms with E-state index < -0.39 is 0 Å². The van der Waals surface area contributed by atoms with Gasteiger partial charge in [0, 0.05) is 21.0 Å². The van der Waals surface area contributed by atoms with E-state index in [-0.39, 0.29) is 11.6 Å². The average molecular weight is 282 g/mol. The lowest BCUT2D eigenvalue weighted by atomic mass is 9.96. The standard InChI is InChI=1S/C14H22N2S2/c1-5-14(6-2)9-17-13(16-14)15-11(4)12-8-7-10(3)18-12/h7-8,11H,5-6,9H2,1-4H3,(H,15,16). The molecule has 1 aliphatic heterocycles. The van der Waals surface area contributed by atoms with Gasteiger partial charge < -0.3 is 5.32 Å². The van der Waals surface area contributed by atoms with Crippen molar-refractivity contribution in [2.24, 2.45) is 4.99 Å². The number of nitrogens with zero attached hydrogens (tertiary/aromatic N) is 1. The Kier molecular flexibility index (Phi) is 4.38. The SMILES string of the molecule is CCC1(CC)CSC(=NC(C)c2ccc(C)s2)N1. The zero-order valence-electron chi connectivity index (χ0n) is 11.6. The Morgan fingerprint density at radius 1 is 1.39 bits per heavy atom. The molecule has 0 amide bonds. The topological polar surface area (TPSA) is 24.4 Å². The smallest absolute Gasteiger partial charge is 0.157 e. The molecule has 4 heteroatoms. The normalized spacial score (nSPS) is 22.1. The van der Waals surface area contributed by atoms with E-state index in [1.165, 1.54) is 22.6 Å². The van der Waals surface area contributed by atoms with Crippen molar-refractivity contribution in [1.29, 1.82) is 0 Å². The molecule has 1 aliphatic rings. The number of hydrogen-bond donors (Lipinski definition) is 1. The predicted octanol–water partition coefficient (Wildman–Crippen LogP) is 4.37. The number of rotatable bonds is 4. The molecular weight excluding hydrogens is 260 g/mol. The van der Waals surface area contributed by atoms with E-state index in [0.29, 0.717) is 0 Å². The van der Waals surface area contributed by atoms with Crippen LogP contribution in [0.4, 0.5) is 0 Å². The van der Waals surface area contributed by atoms with Crippen LogP contribution in [0.3, 0.4) is 0 Å². The number of aryl methyl sites for hydroxylation is 1. The van der Waals surface area contributed by atoms with E-state index in [9.17, 15) is 0 Å². The maximum Gasteiger partial charge on any atom is 0.157 e. The molecule has 0 aromatic carbocycles. The quantitative estimate of drug-likeness (QED) is 0.887. The van der Waals surface area contributed by atoms with E-state index in [4.69, 9.17) is 4.99 Å². The Morgan fingerprint density at radius 3 is 2.61 bits per heavy atom. The molecule has 100 valence electrons. The van der Waals surface area contributed by atoms with Gasteiger partial charge in [-0.25, -0.2) is 0 Å². The summed E-state index contributed by atoms with van der Waals surface area (Å²) in [7, 11) is 0. The van der Waals surface area contributed by atoms with Crippen LogP contribution in [-0.4, -0.2) is 16.5 Å². The molecule has 2 rings (SSSR count). The molecule has 1 fully saturated rings. The highest BCUT2D eigenvalue weighted by Crippen LogP contribution is 2.32. The van der Waals surface area contributed by atoms with Crippen LogP contribution in [0, 0.1) is 6.92 Å². The Bertz CT molecular complexity index is 433. The Labute approximate surface area is 118 Å². The molecule has 0 spiro atoms. The number of hydrogen-bond acceptors (Lipinski definition) is 3. The fourth-order valence-corrected chi connectivity index (χ4v) is 4.41. The van der Waals surface area contributed by atoms with Crippen LogP contribution in [-0.2, 0) is 0 Å². The zero-order valence-corrected chi connectivity index (χ0v) is 13.3. The maximum atomic E-state index is 4.83. The number of thiophene rings is 1. The van der Waals surface area contributed by atoms with Gasteiger partial charge in [0.05, 0.1) is 6.04 Å². The first-order valence-electron chi connectivity index (χ1n) is 6.63. The zero-order chi connectivity index (χ0) is 13.2. The summed E-state index contributed by atoms with van der Waals surface area (Å²) in [5.41, 5.74) is 0.272. The van der Waals surface area contributed by atoms with Gasteiger partial charge in [0.1, 0.15) is 0 Å². The average Bonchev–Trinajstić information content (AvgIpc) is 2.96. The first kappa shape index (κ1) is 13.9. The van der Waals surface area contributed by atoms with E-state index in [1.807, 2.05) is 23.1 Å². The largest absolute Gasteiger partial charge is 0.359 e. The highest BCUT2D eigenvalue weighted by molar-refractivity contribution is 8.14. The van der Waals surface area contributed by atoms with Gasteiger partial charge in [-0.3, -0.25) is 4.99 Å². The molecule has 0 bridgehead atoms. The third kappa shape index (κ3) is 2.91. The molecule has 1 saturated heterocycles. The van der Waals surface area contributed by atoms with Crippen molar-refractivity contribution in [2.75, 3.05) is 5.75 Å².